The van der Waals surface area contributed by atoms with E-state index in [-0.39, 0.29) is 0 Å². The average molecular weight is 300 g/mol. The molecule has 1 aliphatic rings. The molecule has 17 heavy (non-hydrogen) atoms. The first-order valence-electron chi connectivity index (χ1n) is 6.07. The summed E-state index contributed by atoms with van der Waals surface area (Å²) in [4.78, 5) is 8.46. The van der Waals surface area contributed by atoms with Gasteiger partial charge in [0.15, 0.2) is 0 Å². The SMILES string of the molecule is Cc1nc(Br)cc(NCCCOCC2CC2)n1. The predicted octanol–water partition coefficient (Wildman–Crippen LogP) is 2.78. The van der Waals surface area contributed by atoms with Crippen LogP contribution in [0.25, 0.3) is 0 Å². The largest absolute Gasteiger partial charge is 0.381 e. The highest BCUT2D eigenvalue weighted by Crippen LogP contribution is 2.28. The van der Waals surface area contributed by atoms with Crippen LogP contribution in [0.1, 0.15) is 25.1 Å². The van der Waals surface area contributed by atoms with Crippen molar-refractivity contribution in [3.63, 3.8) is 0 Å². The van der Waals surface area contributed by atoms with Crippen molar-refractivity contribution >= 4 is 21.7 Å². The molecule has 1 aliphatic carbocycles. The summed E-state index contributed by atoms with van der Waals surface area (Å²) in [5.41, 5.74) is 0. The van der Waals surface area contributed by atoms with Crippen LogP contribution in [0.15, 0.2) is 10.7 Å². The van der Waals surface area contributed by atoms with Gasteiger partial charge in [-0.15, -0.1) is 0 Å². The molecule has 4 nitrogen and oxygen atoms in total. The maximum absolute atomic E-state index is 5.56. The first-order chi connectivity index (χ1) is 8.24. The van der Waals surface area contributed by atoms with Gasteiger partial charge in [0.2, 0.25) is 0 Å². The van der Waals surface area contributed by atoms with Crippen molar-refractivity contribution in [3.8, 4) is 0 Å². The number of rotatable bonds is 7. The van der Waals surface area contributed by atoms with E-state index in [9.17, 15) is 0 Å². The number of hydrogen-bond acceptors (Lipinski definition) is 4. The second-order valence-electron chi connectivity index (χ2n) is 4.42. The number of aryl methyl sites for hydroxylation is 1. The Morgan fingerprint density at radius 3 is 3.00 bits per heavy atom. The Morgan fingerprint density at radius 2 is 2.29 bits per heavy atom. The van der Waals surface area contributed by atoms with Crippen molar-refractivity contribution in [2.24, 2.45) is 5.92 Å². The monoisotopic (exact) mass is 299 g/mol. The predicted molar refractivity (Wildman–Crippen MR) is 71.1 cm³/mol. The summed E-state index contributed by atoms with van der Waals surface area (Å²) in [5.74, 6) is 2.49. The number of nitrogens with one attached hydrogen (secondary N) is 1. The molecular weight excluding hydrogens is 282 g/mol. The molecule has 0 unspecified atom stereocenters. The van der Waals surface area contributed by atoms with E-state index in [2.05, 4.69) is 31.2 Å². The molecule has 0 atom stereocenters. The van der Waals surface area contributed by atoms with Gasteiger partial charge < -0.3 is 10.1 Å². The van der Waals surface area contributed by atoms with E-state index in [4.69, 9.17) is 4.74 Å². The molecular formula is C12H18BrN3O. The quantitative estimate of drug-likeness (QED) is 0.621. The molecule has 0 amide bonds. The van der Waals surface area contributed by atoms with Gasteiger partial charge in [0, 0.05) is 25.8 Å². The van der Waals surface area contributed by atoms with E-state index >= 15 is 0 Å². The highest BCUT2D eigenvalue weighted by atomic mass is 79.9. The molecule has 1 aromatic heterocycles. The summed E-state index contributed by atoms with van der Waals surface area (Å²) in [6.45, 7) is 4.54. The zero-order valence-corrected chi connectivity index (χ0v) is 11.7. The van der Waals surface area contributed by atoms with E-state index in [1.165, 1.54) is 12.8 Å². The summed E-state index contributed by atoms with van der Waals surface area (Å²) in [7, 11) is 0. The second kappa shape index (κ2) is 6.31. The molecule has 0 saturated heterocycles. The van der Waals surface area contributed by atoms with Crippen LogP contribution < -0.4 is 5.32 Å². The maximum Gasteiger partial charge on any atom is 0.130 e. The lowest BCUT2D eigenvalue weighted by molar-refractivity contribution is 0.124. The topological polar surface area (TPSA) is 47.0 Å². The molecule has 1 heterocycles. The summed E-state index contributed by atoms with van der Waals surface area (Å²) < 4.78 is 6.38. The Hall–Kier alpha value is -0.680. The number of anilines is 1. The molecule has 1 aromatic rings. The fourth-order valence-electron chi connectivity index (χ4n) is 1.55. The van der Waals surface area contributed by atoms with Crippen LogP contribution >= 0.6 is 15.9 Å². The molecule has 5 heteroatoms. The summed E-state index contributed by atoms with van der Waals surface area (Å²) in [6.07, 6.45) is 3.71. The van der Waals surface area contributed by atoms with Crippen LogP contribution in [0, 0.1) is 12.8 Å². The molecule has 1 fully saturated rings. The van der Waals surface area contributed by atoms with Crippen molar-refractivity contribution < 1.29 is 4.74 Å². The Balaban J connectivity index is 1.59. The summed E-state index contributed by atoms with van der Waals surface area (Å²) in [6, 6.07) is 1.89. The van der Waals surface area contributed by atoms with Gasteiger partial charge in [-0.05, 0) is 48.0 Å². The normalized spacial score (nSPS) is 14.9. The van der Waals surface area contributed by atoms with Crippen LogP contribution in [-0.4, -0.2) is 29.7 Å². The maximum atomic E-state index is 5.56. The third-order valence-electron chi connectivity index (χ3n) is 2.63. The van der Waals surface area contributed by atoms with Gasteiger partial charge in [-0.3, -0.25) is 0 Å². The van der Waals surface area contributed by atoms with Crippen LogP contribution in [0.3, 0.4) is 0 Å². The van der Waals surface area contributed by atoms with E-state index in [0.717, 1.165) is 48.3 Å². The van der Waals surface area contributed by atoms with Crippen molar-refractivity contribution in [1.29, 1.82) is 0 Å². The van der Waals surface area contributed by atoms with E-state index < -0.39 is 0 Å². The average Bonchev–Trinajstić information content (AvgIpc) is 3.05. The van der Waals surface area contributed by atoms with Gasteiger partial charge in [0.1, 0.15) is 16.2 Å². The third kappa shape index (κ3) is 5.00. The Morgan fingerprint density at radius 1 is 1.47 bits per heavy atom. The second-order valence-corrected chi connectivity index (χ2v) is 5.23. The standard InChI is InChI=1S/C12H18BrN3O/c1-9-15-11(13)7-12(16-9)14-5-2-6-17-8-10-3-4-10/h7,10H,2-6,8H2,1H3,(H,14,15,16). The lowest BCUT2D eigenvalue weighted by Gasteiger charge is -2.07. The van der Waals surface area contributed by atoms with Crippen molar-refractivity contribution in [2.45, 2.75) is 26.2 Å². The zero-order chi connectivity index (χ0) is 12.1. The fraction of sp³-hybridized carbons (Fsp3) is 0.667. The van der Waals surface area contributed by atoms with Crippen molar-refractivity contribution in [3.05, 3.63) is 16.5 Å². The van der Waals surface area contributed by atoms with Gasteiger partial charge in [-0.25, -0.2) is 9.97 Å². The van der Waals surface area contributed by atoms with E-state index in [0.29, 0.717) is 0 Å². The number of nitrogens with zero attached hydrogens (tertiary/aromatic N) is 2. The lowest BCUT2D eigenvalue weighted by atomic mass is 10.4. The molecule has 0 bridgehead atoms. The van der Waals surface area contributed by atoms with Gasteiger partial charge in [-0.2, -0.15) is 0 Å². The van der Waals surface area contributed by atoms with E-state index in [1.54, 1.807) is 0 Å². The van der Waals surface area contributed by atoms with Crippen molar-refractivity contribution in [1.82, 2.24) is 9.97 Å². The highest BCUT2D eigenvalue weighted by Gasteiger charge is 2.20. The highest BCUT2D eigenvalue weighted by molar-refractivity contribution is 9.10. The Labute approximate surface area is 110 Å². The molecule has 0 aromatic carbocycles. The molecule has 1 saturated carbocycles. The van der Waals surface area contributed by atoms with E-state index in [1.807, 2.05) is 13.0 Å². The minimum atomic E-state index is 0.770. The van der Waals surface area contributed by atoms with Crippen LogP contribution in [0.5, 0.6) is 0 Å². The summed E-state index contributed by atoms with van der Waals surface area (Å²) in [5, 5.41) is 3.27. The fourth-order valence-corrected chi connectivity index (χ4v) is 2.02. The minimum absolute atomic E-state index is 0.770. The van der Waals surface area contributed by atoms with Crippen molar-refractivity contribution in [2.75, 3.05) is 25.1 Å². The molecule has 1 N–H and O–H groups in total. The molecule has 2 rings (SSSR count). The Kier molecular flexibility index (Phi) is 4.74. The van der Waals surface area contributed by atoms with Gasteiger partial charge in [-0.1, -0.05) is 0 Å². The lowest BCUT2D eigenvalue weighted by Crippen LogP contribution is -2.08. The molecule has 0 radical (unpaired) electrons. The van der Waals surface area contributed by atoms with Gasteiger partial charge in [0.25, 0.3) is 0 Å². The summed E-state index contributed by atoms with van der Waals surface area (Å²) >= 11 is 3.35. The molecule has 0 aliphatic heterocycles. The molecule has 94 valence electrons. The Bertz CT molecular complexity index is 349. The number of hydrogen-bond donors (Lipinski definition) is 1. The smallest absolute Gasteiger partial charge is 0.130 e. The van der Waals surface area contributed by atoms with Crippen LogP contribution in [-0.2, 0) is 4.74 Å². The van der Waals surface area contributed by atoms with Crippen LogP contribution in [0.4, 0.5) is 5.82 Å². The number of aromatic nitrogens is 2. The number of ether oxygens (including phenoxy) is 1. The van der Waals surface area contributed by atoms with Crippen LogP contribution in [0.2, 0.25) is 0 Å². The first kappa shape index (κ1) is 12.8. The zero-order valence-electron chi connectivity index (χ0n) is 10.1. The third-order valence-corrected chi connectivity index (χ3v) is 3.03. The van der Waals surface area contributed by atoms with Gasteiger partial charge >= 0.3 is 0 Å². The van der Waals surface area contributed by atoms with Gasteiger partial charge in [0.05, 0.1) is 0 Å². The molecule has 0 spiro atoms. The first-order valence-corrected chi connectivity index (χ1v) is 6.86. The number of halogens is 1. The minimum Gasteiger partial charge on any atom is -0.381 e.